The van der Waals surface area contributed by atoms with E-state index in [4.69, 9.17) is 10.9 Å². The highest BCUT2D eigenvalue weighted by Crippen LogP contribution is 2.12. The molecule has 0 aliphatic rings. The van der Waals surface area contributed by atoms with Crippen molar-refractivity contribution in [2.24, 2.45) is 16.8 Å². The summed E-state index contributed by atoms with van der Waals surface area (Å²) in [5.74, 6) is 0.189. The number of rotatable bonds is 6. The second kappa shape index (κ2) is 6.71. The van der Waals surface area contributed by atoms with Gasteiger partial charge in [0.15, 0.2) is 5.84 Å². The van der Waals surface area contributed by atoms with E-state index in [-0.39, 0.29) is 24.1 Å². The summed E-state index contributed by atoms with van der Waals surface area (Å²) in [7, 11) is -1.72. The van der Waals surface area contributed by atoms with Gasteiger partial charge in [0.05, 0.1) is 5.75 Å². The molecule has 1 rings (SSSR count). The lowest BCUT2D eigenvalue weighted by Gasteiger charge is -2.18. The molecule has 0 bridgehead atoms. The Balaban J connectivity index is 2.89. The van der Waals surface area contributed by atoms with Gasteiger partial charge in [-0.05, 0) is 17.5 Å². The fourth-order valence-corrected chi connectivity index (χ4v) is 3.23. The Hall–Kier alpha value is -1.60. The summed E-state index contributed by atoms with van der Waals surface area (Å²) in [4.78, 5) is 0. The van der Waals surface area contributed by atoms with Crippen molar-refractivity contribution in [3.63, 3.8) is 0 Å². The zero-order valence-corrected chi connectivity index (χ0v) is 12.8. The number of nitrogens with zero attached hydrogens (tertiary/aromatic N) is 2. The smallest absolute Gasteiger partial charge is 0.214 e. The third-order valence-electron chi connectivity index (χ3n) is 2.75. The van der Waals surface area contributed by atoms with Crippen molar-refractivity contribution in [3.8, 4) is 0 Å². The molecule has 0 saturated heterocycles. The molecular formula is C13H21N3O3S. The first-order valence-electron chi connectivity index (χ1n) is 6.27. The van der Waals surface area contributed by atoms with Gasteiger partial charge in [0.2, 0.25) is 10.0 Å². The van der Waals surface area contributed by atoms with Crippen LogP contribution in [-0.4, -0.2) is 36.6 Å². The molecule has 112 valence electrons. The Morgan fingerprint density at radius 3 is 2.65 bits per heavy atom. The lowest BCUT2D eigenvalue weighted by atomic mass is 10.1. The summed E-state index contributed by atoms with van der Waals surface area (Å²) in [6.45, 7) is 3.98. The topological polar surface area (TPSA) is 96.0 Å². The number of oxime groups is 1. The van der Waals surface area contributed by atoms with Crippen LogP contribution in [0.3, 0.4) is 0 Å². The van der Waals surface area contributed by atoms with Crippen LogP contribution in [-0.2, 0) is 16.6 Å². The molecule has 0 aromatic heterocycles. The Morgan fingerprint density at radius 1 is 1.45 bits per heavy atom. The summed E-state index contributed by atoms with van der Waals surface area (Å²) in [6, 6.07) is 6.94. The Morgan fingerprint density at radius 2 is 2.10 bits per heavy atom. The van der Waals surface area contributed by atoms with Gasteiger partial charge in [-0.1, -0.05) is 37.2 Å². The van der Waals surface area contributed by atoms with Crippen molar-refractivity contribution < 1.29 is 13.6 Å². The number of sulfonamides is 1. The number of benzene rings is 1. The van der Waals surface area contributed by atoms with Gasteiger partial charge < -0.3 is 10.9 Å². The van der Waals surface area contributed by atoms with Crippen LogP contribution in [0.4, 0.5) is 0 Å². The fraction of sp³-hybridized carbons (Fsp3) is 0.462. The van der Waals surface area contributed by atoms with E-state index in [2.05, 4.69) is 5.16 Å². The van der Waals surface area contributed by atoms with Crippen LogP contribution in [0.5, 0.6) is 0 Å². The lowest BCUT2D eigenvalue weighted by Crippen LogP contribution is -2.30. The molecule has 0 radical (unpaired) electrons. The van der Waals surface area contributed by atoms with Crippen LogP contribution in [0.1, 0.15) is 25.0 Å². The zero-order valence-electron chi connectivity index (χ0n) is 11.9. The fourth-order valence-electron chi connectivity index (χ4n) is 1.79. The summed E-state index contributed by atoms with van der Waals surface area (Å²) in [5, 5.41) is 11.6. The van der Waals surface area contributed by atoms with Crippen molar-refractivity contribution in [1.82, 2.24) is 4.31 Å². The predicted molar refractivity (Wildman–Crippen MR) is 79.0 cm³/mol. The summed E-state index contributed by atoms with van der Waals surface area (Å²) in [6.07, 6.45) is 0. The van der Waals surface area contributed by atoms with Crippen LogP contribution >= 0.6 is 0 Å². The van der Waals surface area contributed by atoms with Crippen LogP contribution < -0.4 is 5.73 Å². The first kappa shape index (κ1) is 16.5. The van der Waals surface area contributed by atoms with Crippen molar-refractivity contribution in [3.05, 3.63) is 35.4 Å². The van der Waals surface area contributed by atoms with E-state index in [1.165, 1.54) is 4.31 Å². The zero-order chi connectivity index (χ0) is 15.3. The van der Waals surface area contributed by atoms with Gasteiger partial charge in [-0.25, -0.2) is 12.7 Å². The highest BCUT2D eigenvalue weighted by atomic mass is 32.2. The molecule has 7 heteroatoms. The van der Waals surface area contributed by atoms with Crippen LogP contribution in [0.2, 0.25) is 0 Å². The monoisotopic (exact) mass is 299 g/mol. The van der Waals surface area contributed by atoms with Crippen LogP contribution in [0.15, 0.2) is 29.4 Å². The summed E-state index contributed by atoms with van der Waals surface area (Å²) < 4.78 is 25.4. The number of amidine groups is 1. The van der Waals surface area contributed by atoms with E-state index in [0.717, 1.165) is 5.56 Å². The van der Waals surface area contributed by atoms with Crippen LogP contribution in [0, 0.1) is 5.92 Å². The van der Waals surface area contributed by atoms with Gasteiger partial charge in [0, 0.05) is 19.2 Å². The molecule has 0 aliphatic heterocycles. The highest BCUT2D eigenvalue weighted by Gasteiger charge is 2.19. The van der Waals surface area contributed by atoms with E-state index in [1.54, 1.807) is 31.3 Å². The van der Waals surface area contributed by atoms with Gasteiger partial charge in [0.25, 0.3) is 0 Å². The normalized spacial score (nSPS) is 13.2. The molecule has 1 aromatic carbocycles. The van der Waals surface area contributed by atoms with Gasteiger partial charge in [-0.3, -0.25) is 0 Å². The first-order valence-corrected chi connectivity index (χ1v) is 7.88. The number of nitrogens with two attached hydrogens (primary N) is 1. The maximum Gasteiger partial charge on any atom is 0.214 e. The molecule has 1 aromatic rings. The van der Waals surface area contributed by atoms with Crippen molar-refractivity contribution >= 4 is 15.9 Å². The minimum atomic E-state index is -3.27. The number of hydrogen-bond acceptors (Lipinski definition) is 4. The maximum absolute atomic E-state index is 12.1. The van der Waals surface area contributed by atoms with Gasteiger partial charge in [0.1, 0.15) is 0 Å². The van der Waals surface area contributed by atoms with E-state index in [1.807, 2.05) is 13.8 Å². The molecule has 20 heavy (non-hydrogen) atoms. The molecule has 0 atom stereocenters. The molecular weight excluding hydrogens is 278 g/mol. The Labute approximate surface area is 119 Å². The lowest BCUT2D eigenvalue weighted by molar-refractivity contribution is 0.318. The molecule has 0 unspecified atom stereocenters. The van der Waals surface area contributed by atoms with Crippen molar-refractivity contribution in [2.45, 2.75) is 20.4 Å². The first-order chi connectivity index (χ1) is 9.26. The minimum absolute atomic E-state index is 0.000425. The van der Waals surface area contributed by atoms with Crippen molar-refractivity contribution in [1.29, 1.82) is 0 Å². The second-order valence-electron chi connectivity index (χ2n) is 5.11. The summed E-state index contributed by atoms with van der Waals surface area (Å²) in [5.41, 5.74) is 6.85. The standard InChI is InChI=1S/C13H21N3O3S/c1-10(2)9-20(18,19)16(3)8-11-5-4-6-12(7-11)13(14)15-17/h4-7,10,17H,8-9H2,1-3H3,(H2,14,15). The average Bonchev–Trinajstić information content (AvgIpc) is 2.36. The summed E-state index contributed by atoms with van der Waals surface area (Å²) >= 11 is 0. The van der Waals surface area contributed by atoms with Gasteiger partial charge in [-0.15, -0.1) is 0 Å². The van der Waals surface area contributed by atoms with E-state index >= 15 is 0 Å². The second-order valence-corrected chi connectivity index (χ2v) is 7.23. The highest BCUT2D eigenvalue weighted by molar-refractivity contribution is 7.89. The Kier molecular flexibility index (Phi) is 5.52. The SMILES string of the molecule is CC(C)CS(=O)(=O)N(C)Cc1cccc(C(N)=NO)c1. The molecule has 6 nitrogen and oxygen atoms in total. The Bertz CT molecular complexity index is 582. The third-order valence-corrected chi connectivity index (χ3v) is 4.92. The molecule has 0 spiro atoms. The maximum atomic E-state index is 12.1. The average molecular weight is 299 g/mol. The van der Waals surface area contributed by atoms with E-state index < -0.39 is 10.0 Å². The molecule has 0 aliphatic carbocycles. The largest absolute Gasteiger partial charge is 0.409 e. The van der Waals surface area contributed by atoms with Crippen LogP contribution in [0.25, 0.3) is 0 Å². The number of hydrogen-bond donors (Lipinski definition) is 2. The molecule has 0 amide bonds. The third kappa shape index (κ3) is 4.50. The quantitative estimate of drug-likeness (QED) is 0.357. The van der Waals surface area contributed by atoms with Gasteiger partial charge in [-0.2, -0.15) is 0 Å². The molecule has 0 heterocycles. The van der Waals surface area contributed by atoms with E-state index in [0.29, 0.717) is 5.56 Å². The molecule has 0 fully saturated rings. The molecule has 0 saturated carbocycles. The van der Waals surface area contributed by atoms with E-state index in [9.17, 15) is 8.42 Å². The van der Waals surface area contributed by atoms with Gasteiger partial charge >= 0.3 is 0 Å². The minimum Gasteiger partial charge on any atom is -0.409 e. The van der Waals surface area contributed by atoms with Crippen molar-refractivity contribution in [2.75, 3.05) is 12.8 Å². The molecule has 3 N–H and O–H groups in total. The predicted octanol–water partition coefficient (Wildman–Crippen LogP) is 1.20.